The van der Waals surface area contributed by atoms with Crippen LogP contribution in [0.2, 0.25) is 0 Å². The molecule has 2 aliphatic rings. The van der Waals surface area contributed by atoms with Crippen LogP contribution in [0.5, 0.6) is 0 Å². The fraction of sp³-hybridized carbons (Fsp3) is 0.545. The summed E-state index contributed by atoms with van der Waals surface area (Å²) >= 11 is 0. The Labute approximate surface area is 83.1 Å². The summed E-state index contributed by atoms with van der Waals surface area (Å²) in [5.74, 6) is 0.0461. The Hall–Kier alpha value is -1.25. The van der Waals surface area contributed by atoms with E-state index in [0.29, 0.717) is 11.3 Å². The Morgan fingerprint density at radius 1 is 1.64 bits per heavy atom. The van der Waals surface area contributed by atoms with Gasteiger partial charge in [0.15, 0.2) is 0 Å². The summed E-state index contributed by atoms with van der Waals surface area (Å²) in [6.07, 6.45) is 5.37. The molecule has 14 heavy (non-hydrogen) atoms. The third-order valence-corrected chi connectivity index (χ3v) is 2.70. The maximum Gasteiger partial charge on any atom is 0.339 e. The predicted molar refractivity (Wildman–Crippen MR) is 51.7 cm³/mol. The van der Waals surface area contributed by atoms with Gasteiger partial charge < -0.3 is 9.84 Å². The first-order valence-corrected chi connectivity index (χ1v) is 4.82. The number of hydrogen-bond donors (Lipinski definition) is 1. The van der Waals surface area contributed by atoms with E-state index in [1.54, 1.807) is 6.08 Å². The van der Waals surface area contributed by atoms with Gasteiger partial charge in [-0.3, -0.25) is 0 Å². The van der Waals surface area contributed by atoms with Crippen molar-refractivity contribution >= 4 is 5.97 Å². The van der Waals surface area contributed by atoms with E-state index in [0.717, 1.165) is 12.8 Å². The fourth-order valence-electron chi connectivity index (χ4n) is 2.18. The van der Waals surface area contributed by atoms with Crippen molar-refractivity contribution in [2.45, 2.75) is 32.3 Å². The molecule has 1 aliphatic carbocycles. The van der Waals surface area contributed by atoms with Crippen LogP contribution in [0, 0.1) is 5.92 Å². The normalized spacial score (nSPS) is 28.6. The first-order valence-electron chi connectivity index (χ1n) is 4.82. The molecule has 1 unspecified atom stereocenters. The molecule has 2 rings (SSSR count). The average Bonchev–Trinajstić information content (AvgIpc) is 2.36. The second-order valence-corrected chi connectivity index (χ2v) is 4.48. The lowest BCUT2D eigenvalue weighted by molar-refractivity contribution is -0.132. The summed E-state index contributed by atoms with van der Waals surface area (Å²) < 4.78 is 5.67. The Kier molecular flexibility index (Phi) is 1.91. The van der Waals surface area contributed by atoms with Gasteiger partial charge in [0.05, 0.1) is 5.57 Å². The molecule has 76 valence electrons. The van der Waals surface area contributed by atoms with E-state index in [1.165, 1.54) is 0 Å². The molecule has 0 amide bonds. The molecule has 1 atom stereocenters. The molecule has 0 aromatic heterocycles. The van der Waals surface area contributed by atoms with E-state index in [9.17, 15) is 4.79 Å². The zero-order chi connectivity index (χ0) is 10.3. The molecule has 1 fully saturated rings. The van der Waals surface area contributed by atoms with E-state index < -0.39 is 5.97 Å². The molecular weight excluding hydrogens is 180 g/mol. The maximum atomic E-state index is 10.9. The summed E-state index contributed by atoms with van der Waals surface area (Å²) in [5, 5.41) is 8.97. The standard InChI is InChI=1S/C11H14O3/c1-11(2)6-7-4-3-5-8(10(12)13)9(7)14-11/h3,5,7H,4,6H2,1-2H3,(H,12,13). The second-order valence-electron chi connectivity index (χ2n) is 4.48. The molecular formula is C11H14O3. The van der Waals surface area contributed by atoms with Crippen LogP contribution in [0.3, 0.4) is 0 Å². The summed E-state index contributed by atoms with van der Waals surface area (Å²) in [7, 11) is 0. The van der Waals surface area contributed by atoms with Gasteiger partial charge in [-0.1, -0.05) is 6.08 Å². The van der Waals surface area contributed by atoms with Crippen LogP contribution in [0.4, 0.5) is 0 Å². The SMILES string of the molecule is CC1(C)CC2CC=CC(C(=O)O)=C2O1. The molecule has 1 saturated heterocycles. The van der Waals surface area contributed by atoms with Gasteiger partial charge in [0.25, 0.3) is 0 Å². The van der Waals surface area contributed by atoms with Crippen molar-refractivity contribution in [3.63, 3.8) is 0 Å². The number of aliphatic carboxylic acids is 1. The summed E-state index contributed by atoms with van der Waals surface area (Å²) in [6.45, 7) is 4.00. The van der Waals surface area contributed by atoms with E-state index in [2.05, 4.69) is 0 Å². The number of fused-ring (bicyclic) bond motifs is 1. The number of ether oxygens (including phenoxy) is 1. The monoisotopic (exact) mass is 194 g/mol. The van der Waals surface area contributed by atoms with Gasteiger partial charge in [0, 0.05) is 5.92 Å². The van der Waals surface area contributed by atoms with Gasteiger partial charge in [0.2, 0.25) is 0 Å². The molecule has 1 heterocycles. The Morgan fingerprint density at radius 2 is 2.36 bits per heavy atom. The number of carbonyl (C=O) groups is 1. The minimum absolute atomic E-state index is 0.216. The zero-order valence-corrected chi connectivity index (χ0v) is 8.41. The van der Waals surface area contributed by atoms with Crippen LogP contribution in [0.1, 0.15) is 26.7 Å². The average molecular weight is 194 g/mol. The van der Waals surface area contributed by atoms with Gasteiger partial charge in [0.1, 0.15) is 11.4 Å². The third kappa shape index (κ3) is 1.43. The lowest BCUT2D eigenvalue weighted by Crippen LogP contribution is -2.16. The van der Waals surface area contributed by atoms with Crippen molar-refractivity contribution in [2.24, 2.45) is 5.92 Å². The molecule has 0 bridgehead atoms. The van der Waals surface area contributed by atoms with Crippen LogP contribution in [-0.4, -0.2) is 16.7 Å². The van der Waals surface area contributed by atoms with Gasteiger partial charge in [-0.05, 0) is 32.8 Å². The molecule has 0 aromatic carbocycles. The van der Waals surface area contributed by atoms with Crippen LogP contribution in [-0.2, 0) is 9.53 Å². The molecule has 0 saturated carbocycles. The van der Waals surface area contributed by atoms with Crippen molar-refractivity contribution in [1.29, 1.82) is 0 Å². The van der Waals surface area contributed by atoms with Crippen LogP contribution in [0.25, 0.3) is 0 Å². The first-order chi connectivity index (χ1) is 6.49. The van der Waals surface area contributed by atoms with Crippen molar-refractivity contribution in [2.75, 3.05) is 0 Å². The highest BCUT2D eigenvalue weighted by Crippen LogP contribution is 2.42. The third-order valence-electron chi connectivity index (χ3n) is 2.70. The largest absolute Gasteiger partial charge is 0.491 e. The molecule has 3 heteroatoms. The highest BCUT2D eigenvalue weighted by atomic mass is 16.5. The summed E-state index contributed by atoms with van der Waals surface area (Å²) in [5.41, 5.74) is 0.110. The Bertz CT molecular complexity index is 336. The van der Waals surface area contributed by atoms with Crippen LogP contribution >= 0.6 is 0 Å². The Balaban J connectivity index is 2.38. The van der Waals surface area contributed by atoms with Crippen molar-refractivity contribution < 1.29 is 14.6 Å². The smallest absolute Gasteiger partial charge is 0.339 e. The molecule has 1 N–H and O–H groups in total. The predicted octanol–water partition coefficient (Wildman–Crippen LogP) is 2.10. The molecule has 0 radical (unpaired) electrons. The summed E-state index contributed by atoms with van der Waals surface area (Å²) in [6, 6.07) is 0. The quantitative estimate of drug-likeness (QED) is 0.695. The van der Waals surface area contributed by atoms with Crippen molar-refractivity contribution in [3.05, 3.63) is 23.5 Å². The fourth-order valence-corrected chi connectivity index (χ4v) is 2.18. The molecule has 0 aromatic rings. The lowest BCUT2D eigenvalue weighted by Gasteiger charge is -2.17. The first kappa shape index (κ1) is 9.31. The summed E-state index contributed by atoms with van der Waals surface area (Å²) in [4.78, 5) is 10.9. The number of hydrogen-bond acceptors (Lipinski definition) is 2. The minimum Gasteiger partial charge on any atom is -0.491 e. The van der Waals surface area contributed by atoms with Gasteiger partial charge in [-0.25, -0.2) is 4.79 Å². The number of allylic oxidation sites excluding steroid dienone is 2. The molecule has 3 nitrogen and oxygen atoms in total. The second kappa shape index (κ2) is 2.87. The van der Waals surface area contributed by atoms with E-state index in [1.807, 2.05) is 19.9 Å². The van der Waals surface area contributed by atoms with E-state index in [-0.39, 0.29) is 11.5 Å². The number of rotatable bonds is 1. The zero-order valence-electron chi connectivity index (χ0n) is 8.41. The van der Waals surface area contributed by atoms with Crippen LogP contribution < -0.4 is 0 Å². The van der Waals surface area contributed by atoms with Gasteiger partial charge in [-0.15, -0.1) is 0 Å². The van der Waals surface area contributed by atoms with E-state index >= 15 is 0 Å². The van der Waals surface area contributed by atoms with E-state index in [4.69, 9.17) is 9.84 Å². The molecule has 0 spiro atoms. The number of carboxylic acids is 1. The van der Waals surface area contributed by atoms with Crippen molar-refractivity contribution in [3.8, 4) is 0 Å². The van der Waals surface area contributed by atoms with Crippen LogP contribution in [0.15, 0.2) is 23.5 Å². The molecule has 1 aliphatic heterocycles. The lowest BCUT2D eigenvalue weighted by atomic mass is 9.89. The van der Waals surface area contributed by atoms with Gasteiger partial charge in [-0.2, -0.15) is 0 Å². The Morgan fingerprint density at radius 3 is 3.00 bits per heavy atom. The number of carboxylic acid groups (broad SMARTS) is 1. The highest BCUT2D eigenvalue weighted by Gasteiger charge is 2.40. The topological polar surface area (TPSA) is 46.5 Å². The minimum atomic E-state index is -0.890. The van der Waals surface area contributed by atoms with Crippen molar-refractivity contribution in [1.82, 2.24) is 0 Å². The highest BCUT2D eigenvalue weighted by molar-refractivity contribution is 5.90. The van der Waals surface area contributed by atoms with Gasteiger partial charge >= 0.3 is 5.97 Å². The maximum absolute atomic E-state index is 10.9.